The molecule has 1 unspecified atom stereocenters. The maximum atomic E-state index is 12.7. The molecule has 1 atom stereocenters. The first kappa shape index (κ1) is 21.8. The maximum Gasteiger partial charge on any atom is 0.251 e. The summed E-state index contributed by atoms with van der Waals surface area (Å²) < 4.78 is 0. The molecule has 0 saturated carbocycles. The van der Waals surface area contributed by atoms with Crippen molar-refractivity contribution in [1.29, 1.82) is 0 Å². The molecule has 0 spiro atoms. The van der Waals surface area contributed by atoms with E-state index in [1.165, 1.54) is 0 Å². The van der Waals surface area contributed by atoms with Crippen molar-refractivity contribution < 1.29 is 9.59 Å². The normalized spacial score (nSPS) is 14.4. The van der Waals surface area contributed by atoms with Crippen LogP contribution >= 0.6 is 12.4 Å². The zero-order valence-electron chi connectivity index (χ0n) is 16.7. The van der Waals surface area contributed by atoms with Crippen LogP contribution in [0.25, 0.3) is 10.8 Å². The number of hydrogen-bond acceptors (Lipinski definition) is 3. The van der Waals surface area contributed by atoms with Crippen LogP contribution in [0.5, 0.6) is 0 Å². The Labute approximate surface area is 182 Å². The van der Waals surface area contributed by atoms with Gasteiger partial charge in [0, 0.05) is 31.6 Å². The van der Waals surface area contributed by atoms with Crippen molar-refractivity contribution in [1.82, 2.24) is 10.2 Å². The SMILES string of the molecule is Cl.NCC(NC(=O)c1ccc(CN2CCCC2=O)cc1)c1ccc2ccccc2c1. The Morgan fingerprint density at radius 1 is 1.03 bits per heavy atom. The smallest absolute Gasteiger partial charge is 0.251 e. The highest BCUT2D eigenvalue weighted by atomic mass is 35.5. The number of halogens is 1. The van der Waals surface area contributed by atoms with Crippen molar-refractivity contribution in [3.63, 3.8) is 0 Å². The lowest BCUT2D eigenvalue weighted by atomic mass is 10.0. The van der Waals surface area contributed by atoms with Gasteiger partial charge in [-0.15, -0.1) is 12.4 Å². The van der Waals surface area contributed by atoms with Gasteiger partial charge in [-0.3, -0.25) is 9.59 Å². The van der Waals surface area contributed by atoms with Gasteiger partial charge in [-0.25, -0.2) is 0 Å². The minimum Gasteiger partial charge on any atom is -0.344 e. The third-order valence-corrected chi connectivity index (χ3v) is 5.48. The summed E-state index contributed by atoms with van der Waals surface area (Å²) in [5, 5.41) is 5.32. The van der Waals surface area contributed by atoms with E-state index >= 15 is 0 Å². The molecule has 2 amide bonds. The summed E-state index contributed by atoms with van der Waals surface area (Å²) in [6, 6.07) is 21.4. The van der Waals surface area contributed by atoms with Gasteiger partial charge in [0.1, 0.15) is 0 Å². The quantitative estimate of drug-likeness (QED) is 0.633. The molecule has 3 N–H and O–H groups in total. The molecule has 1 fully saturated rings. The topological polar surface area (TPSA) is 75.4 Å². The van der Waals surface area contributed by atoms with Crippen molar-refractivity contribution in [2.24, 2.45) is 5.73 Å². The van der Waals surface area contributed by atoms with Crippen molar-refractivity contribution in [3.8, 4) is 0 Å². The lowest BCUT2D eigenvalue weighted by molar-refractivity contribution is -0.128. The van der Waals surface area contributed by atoms with Gasteiger partial charge in [-0.1, -0.05) is 48.5 Å². The molecule has 30 heavy (non-hydrogen) atoms. The van der Waals surface area contributed by atoms with E-state index in [0.717, 1.165) is 34.9 Å². The number of carbonyl (C=O) groups excluding carboxylic acids is 2. The molecule has 1 aliphatic heterocycles. The summed E-state index contributed by atoms with van der Waals surface area (Å²) in [5.74, 6) is 0.0467. The molecule has 1 aliphatic rings. The number of nitrogens with zero attached hydrogens (tertiary/aromatic N) is 1. The zero-order valence-corrected chi connectivity index (χ0v) is 17.5. The summed E-state index contributed by atoms with van der Waals surface area (Å²) >= 11 is 0. The van der Waals surface area contributed by atoms with Crippen LogP contribution in [0.3, 0.4) is 0 Å². The van der Waals surface area contributed by atoms with Gasteiger partial charge in [-0.05, 0) is 46.5 Å². The van der Waals surface area contributed by atoms with E-state index in [9.17, 15) is 9.59 Å². The second-order valence-electron chi connectivity index (χ2n) is 7.48. The van der Waals surface area contributed by atoms with Gasteiger partial charge in [0.15, 0.2) is 0 Å². The molecular weight excluding hydrogens is 398 g/mol. The van der Waals surface area contributed by atoms with Crippen molar-refractivity contribution in [2.75, 3.05) is 13.1 Å². The number of fused-ring (bicyclic) bond motifs is 1. The third-order valence-electron chi connectivity index (χ3n) is 5.48. The van der Waals surface area contributed by atoms with E-state index in [0.29, 0.717) is 25.1 Å². The number of amides is 2. The summed E-state index contributed by atoms with van der Waals surface area (Å²) in [4.78, 5) is 26.4. The summed E-state index contributed by atoms with van der Waals surface area (Å²) in [6.07, 6.45) is 1.56. The third kappa shape index (κ3) is 4.81. The van der Waals surface area contributed by atoms with E-state index in [1.54, 1.807) is 12.1 Å². The van der Waals surface area contributed by atoms with Gasteiger partial charge >= 0.3 is 0 Å². The molecule has 156 valence electrons. The molecule has 0 aliphatic carbocycles. The molecule has 5 nitrogen and oxygen atoms in total. The molecule has 4 rings (SSSR count). The van der Waals surface area contributed by atoms with Crippen LogP contribution < -0.4 is 11.1 Å². The summed E-state index contributed by atoms with van der Waals surface area (Å²) in [5.41, 5.74) is 8.55. The minimum absolute atomic E-state index is 0. The van der Waals surface area contributed by atoms with Crippen LogP contribution in [0.4, 0.5) is 0 Å². The molecule has 0 bridgehead atoms. The number of hydrogen-bond donors (Lipinski definition) is 2. The second-order valence-corrected chi connectivity index (χ2v) is 7.48. The van der Waals surface area contributed by atoms with Crippen LogP contribution in [-0.2, 0) is 11.3 Å². The molecule has 3 aromatic rings. The number of likely N-dealkylation sites (tertiary alicyclic amines) is 1. The predicted molar refractivity (Wildman–Crippen MR) is 122 cm³/mol. The van der Waals surface area contributed by atoms with Gasteiger partial charge in [0.2, 0.25) is 5.91 Å². The predicted octanol–water partition coefficient (Wildman–Crippen LogP) is 3.81. The Morgan fingerprint density at radius 2 is 1.77 bits per heavy atom. The highest BCUT2D eigenvalue weighted by Crippen LogP contribution is 2.21. The van der Waals surface area contributed by atoms with Gasteiger partial charge in [-0.2, -0.15) is 0 Å². The Kier molecular flexibility index (Phi) is 7.08. The fourth-order valence-corrected chi connectivity index (χ4v) is 3.80. The van der Waals surface area contributed by atoms with Crippen molar-refractivity contribution in [2.45, 2.75) is 25.4 Å². The molecule has 3 aromatic carbocycles. The van der Waals surface area contributed by atoms with E-state index in [2.05, 4.69) is 23.5 Å². The zero-order chi connectivity index (χ0) is 20.2. The van der Waals surface area contributed by atoms with E-state index < -0.39 is 0 Å². The van der Waals surface area contributed by atoms with Crippen molar-refractivity contribution in [3.05, 3.63) is 83.4 Å². The lowest BCUT2D eigenvalue weighted by Crippen LogP contribution is -2.33. The van der Waals surface area contributed by atoms with Crippen LogP contribution in [-0.4, -0.2) is 29.8 Å². The van der Waals surface area contributed by atoms with Crippen LogP contribution in [0.2, 0.25) is 0 Å². The molecule has 0 aromatic heterocycles. The number of carbonyl (C=O) groups is 2. The van der Waals surface area contributed by atoms with E-state index in [4.69, 9.17) is 5.73 Å². The molecule has 0 radical (unpaired) electrons. The van der Waals surface area contributed by atoms with E-state index in [1.807, 2.05) is 41.3 Å². The Hall–Kier alpha value is -2.89. The largest absolute Gasteiger partial charge is 0.344 e. The Morgan fingerprint density at radius 3 is 2.43 bits per heavy atom. The number of nitrogens with one attached hydrogen (secondary N) is 1. The average molecular weight is 424 g/mol. The minimum atomic E-state index is -0.256. The number of benzene rings is 3. The summed E-state index contributed by atoms with van der Waals surface area (Å²) in [6.45, 7) is 1.73. The van der Waals surface area contributed by atoms with Gasteiger partial charge in [0.05, 0.1) is 6.04 Å². The highest BCUT2D eigenvalue weighted by Gasteiger charge is 2.20. The Balaban J connectivity index is 0.00000256. The van der Waals surface area contributed by atoms with E-state index in [-0.39, 0.29) is 30.3 Å². The fraction of sp³-hybridized carbons (Fsp3) is 0.250. The molecule has 1 heterocycles. The van der Waals surface area contributed by atoms with Gasteiger partial charge in [0.25, 0.3) is 5.91 Å². The van der Waals surface area contributed by atoms with Crippen LogP contribution in [0.15, 0.2) is 66.7 Å². The van der Waals surface area contributed by atoms with Crippen LogP contribution in [0.1, 0.15) is 40.4 Å². The summed E-state index contributed by atoms with van der Waals surface area (Å²) in [7, 11) is 0. The average Bonchev–Trinajstić information content (AvgIpc) is 3.16. The number of rotatable bonds is 6. The molecular formula is C24H26ClN3O2. The first-order valence-electron chi connectivity index (χ1n) is 10.0. The first-order valence-corrected chi connectivity index (χ1v) is 10.0. The molecule has 6 heteroatoms. The Bertz CT molecular complexity index is 1040. The fourth-order valence-electron chi connectivity index (χ4n) is 3.80. The van der Waals surface area contributed by atoms with Gasteiger partial charge < -0.3 is 16.0 Å². The highest BCUT2D eigenvalue weighted by molar-refractivity contribution is 5.94. The standard InChI is InChI=1S/C24H25N3O2.ClH/c25-15-22(21-12-11-18-4-1-2-5-20(18)14-21)26-24(29)19-9-7-17(8-10-19)16-27-13-3-6-23(27)28;/h1-2,4-5,7-12,14,22H,3,6,13,15-16,25H2,(H,26,29);1H. The second kappa shape index (κ2) is 9.74. The van der Waals surface area contributed by atoms with Crippen molar-refractivity contribution >= 4 is 35.0 Å². The lowest BCUT2D eigenvalue weighted by Gasteiger charge is -2.19. The molecule has 1 saturated heterocycles. The monoisotopic (exact) mass is 423 g/mol. The first-order chi connectivity index (χ1) is 14.1. The number of nitrogens with two attached hydrogens (primary N) is 1. The van der Waals surface area contributed by atoms with Crippen LogP contribution in [0, 0.1) is 0 Å². The maximum absolute atomic E-state index is 12.7.